The molecule has 3 nitrogen and oxygen atoms in total. The second-order valence-electron chi connectivity index (χ2n) is 4.54. The van der Waals surface area contributed by atoms with E-state index in [2.05, 4.69) is 16.6 Å². The molecule has 0 radical (unpaired) electrons. The maximum Gasteiger partial charge on any atom is 0.433 e. The number of nitrogens with one attached hydrogen (secondary N) is 1. The summed E-state index contributed by atoms with van der Waals surface area (Å²) in [7, 11) is 0. The van der Waals surface area contributed by atoms with Crippen molar-refractivity contribution in [2.75, 3.05) is 23.9 Å². The molecule has 0 saturated heterocycles. The molecule has 1 N–H and O–H groups in total. The second kappa shape index (κ2) is 8.78. The number of nitrogens with zero attached hydrogens (tertiary/aromatic N) is 2. The van der Waals surface area contributed by atoms with Crippen LogP contribution in [0.15, 0.2) is 12.1 Å². The van der Waals surface area contributed by atoms with Crippen LogP contribution in [0.3, 0.4) is 0 Å². The average Bonchev–Trinajstić information content (AvgIpc) is 2.45. The molecular weight excluding hydrogens is 299 g/mol. The average molecular weight is 317 g/mol. The van der Waals surface area contributed by atoms with E-state index in [-0.39, 0.29) is 11.4 Å². The van der Waals surface area contributed by atoms with E-state index in [0.717, 1.165) is 43.6 Å². The summed E-state index contributed by atoms with van der Waals surface area (Å²) in [6.45, 7) is 0.516. The van der Waals surface area contributed by atoms with Gasteiger partial charge in [-0.2, -0.15) is 30.2 Å². The molecule has 0 aliphatic carbocycles. The smallest absolute Gasteiger partial charge is 0.369 e. The van der Waals surface area contributed by atoms with E-state index in [1.165, 1.54) is 0 Å². The molecule has 0 fully saturated rings. The first-order valence-corrected chi connectivity index (χ1v) is 8.09. The summed E-state index contributed by atoms with van der Waals surface area (Å²) >= 11 is 1.80. The Labute approximate surface area is 126 Å². The number of rotatable bonds is 8. The molecule has 0 aliphatic heterocycles. The molecule has 116 valence electrons. The normalized spacial score (nSPS) is 11.2. The molecule has 1 aromatic rings. The van der Waals surface area contributed by atoms with Crippen LogP contribution in [-0.4, -0.2) is 23.5 Å². The highest BCUT2D eigenvalue weighted by atomic mass is 32.2. The maximum absolute atomic E-state index is 12.6. The predicted octanol–water partition coefficient (Wildman–Crippen LogP) is 4.31. The van der Waals surface area contributed by atoms with Crippen LogP contribution in [0.2, 0.25) is 0 Å². The third-order valence-corrected chi connectivity index (χ3v) is 3.57. The molecule has 0 amide bonds. The Morgan fingerprint density at radius 1 is 1.24 bits per heavy atom. The predicted molar refractivity (Wildman–Crippen MR) is 79.3 cm³/mol. The summed E-state index contributed by atoms with van der Waals surface area (Å²) in [5.41, 5.74) is -0.852. The summed E-state index contributed by atoms with van der Waals surface area (Å²) in [5.74, 6) is 1.14. The number of halogens is 3. The van der Waals surface area contributed by atoms with E-state index in [4.69, 9.17) is 5.26 Å². The lowest BCUT2D eigenvalue weighted by Gasteiger charge is -2.11. The summed E-state index contributed by atoms with van der Waals surface area (Å²) in [6.07, 6.45) is 1.66. The highest BCUT2D eigenvalue weighted by Crippen LogP contribution is 2.29. The second-order valence-corrected chi connectivity index (χ2v) is 5.52. The zero-order valence-electron chi connectivity index (χ0n) is 11.8. The van der Waals surface area contributed by atoms with Crippen molar-refractivity contribution < 1.29 is 13.2 Å². The van der Waals surface area contributed by atoms with Gasteiger partial charge >= 0.3 is 6.18 Å². The van der Waals surface area contributed by atoms with Gasteiger partial charge in [0, 0.05) is 6.54 Å². The molecule has 21 heavy (non-hydrogen) atoms. The van der Waals surface area contributed by atoms with Gasteiger partial charge in [-0.1, -0.05) is 12.8 Å². The molecule has 1 aromatic heterocycles. The Morgan fingerprint density at radius 2 is 1.95 bits per heavy atom. The van der Waals surface area contributed by atoms with Crippen LogP contribution in [0.25, 0.3) is 0 Å². The molecule has 0 aliphatic rings. The number of unbranched alkanes of at least 4 members (excludes halogenated alkanes) is 3. The van der Waals surface area contributed by atoms with E-state index in [1.807, 2.05) is 6.07 Å². The lowest BCUT2D eigenvalue weighted by Crippen LogP contribution is -2.12. The fraction of sp³-hybridized carbons (Fsp3) is 0.571. The highest BCUT2D eigenvalue weighted by molar-refractivity contribution is 7.98. The first-order chi connectivity index (χ1) is 9.99. The van der Waals surface area contributed by atoms with Gasteiger partial charge in [0.1, 0.15) is 17.6 Å². The largest absolute Gasteiger partial charge is 0.433 e. The van der Waals surface area contributed by atoms with Crippen LogP contribution in [-0.2, 0) is 6.18 Å². The van der Waals surface area contributed by atoms with Crippen molar-refractivity contribution in [1.82, 2.24) is 4.98 Å². The van der Waals surface area contributed by atoms with Crippen molar-refractivity contribution in [1.29, 1.82) is 5.26 Å². The highest BCUT2D eigenvalue weighted by Gasteiger charge is 2.33. The summed E-state index contributed by atoms with van der Waals surface area (Å²) in [4.78, 5) is 3.50. The van der Waals surface area contributed by atoms with Crippen molar-refractivity contribution in [3.63, 3.8) is 0 Å². The molecular formula is C14H18F3N3S. The van der Waals surface area contributed by atoms with Gasteiger partial charge in [0.25, 0.3) is 0 Å². The van der Waals surface area contributed by atoms with Crippen molar-refractivity contribution in [3.8, 4) is 6.07 Å². The molecule has 1 rings (SSSR count). The fourth-order valence-electron chi connectivity index (χ4n) is 1.77. The van der Waals surface area contributed by atoms with Gasteiger partial charge in [-0.05, 0) is 37.0 Å². The number of aromatic nitrogens is 1. The van der Waals surface area contributed by atoms with Gasteiger partial charge in [-0.3, -0.25) is 0 Å². The molecule has 0 spiro atoms. The molecule has 0 saturated carbocycles. The zero-order chi connectivity index (χ0) is 15.7. The first kappa shape index (κ1) is 17.6. The van der Waals surface area contributed by atoms with E-state index in [0.29, 0.717) is 6.54 Å². The molecule has 1 heterocycles. The van der Waals surface area contributed by atoms with E-state index in [1.54, 1.807) is 11.8 Å². The van der Waals surface area contributed by atoms with Gasteiger partial charge in [0.15, 0.2) is 0 Å². The van der Waals surface area contributed by atoms with Crippen LogP contribution >= 0.6 is 11.8 Å². The Morgan fingerprint density at radius 3 is 2.57 bits per heavy atom. The number of thioether (sulfide) groups is 1. The van der Waals surface area contributed by atoms with Crippen molar-refractivity contribution in [3.05, 3.63) is 23.4 Å². The van der Waals surface area contributed by atoms with Gasteiger partial charge in [-0.15, -0.1) is 0 Å². The van der Waals surface area contributed by atoms with Gasteiger partial charge in [-0.25, -0.2) is 4.98 Å². The molecule has 0 unspecified atom stereocenters. The Kier molecular flexibility index (Phi) is 7.37. The van der Waals surface area contributed by atoms with Crippen LogP contribution in [0.1, 0.15) is 36.9 Å². The van der Waals surface area contributed by atoms with Crippen LogP contribution in [0.4, 0.5) is 19.0 Å². The molecule has 0 aromatic carbocycles. The standard InChI is InChI=1S/C14H18F3N3S/c1-21-9-5-3-2-4-8-19-13-11(10-18)6-7-12(20-13)14(15,16)17/h6-7H,2-5,8-9H2,1H3,(H,19,20). The maximum atomic E-state index is 12.6. The number of hydrogen-bond acceptors (Lipinski definition) is 4. The number of hydrogen-bond donors (Lipinski definition) is 1. The minimum Gasteiger partial charge on any atom is -0.369 e. The first-order valence-electron chi connectivity index (χ1n) is 6.70. The SMILES string of the molecule is CSCCCCCCNc1nc(C(F)(F)F)ccc1C#N. The Hall–Kier alpha value is -1.42. The molecule has 0 bridgehead atoms. The molecule has 7 heteroatoms. The zero-order valence-corrected chi connectivity index (χ0v) is 12.7. The summed E-state index contributed by atoms with van der Waals surface area (Å²) in [6, 6.07) is 3.82. The lowest BCUT2D eigenvalue weighted by molar-refractivity contribution is -0.141. The van der Waals surface area contributed by atoms with E-state index < -0.39 is 11.9 Å². The Balaban J connectivity index is 2.51. The number of alkyl halides is 3. The van der Waals surface area contributed by atoms with E-state index in [9.17, 15) is 13.2 Å². The van der Waals surface area contributed by atoms with Crippen molar-refractivity contribution >= 4 is 17.6 Å². The minimum absolute atomic E-state index is 0.0106. The lowest BCUT2D eigenvalue weighted by atomic mass is 10.2. The van der Waals surface area contributed by atoms with Crippen LogP contribution in [0, 0.1) is 11.3 Å². The third-order valence-electron chi connectivity index (χ3n) is 2.87. The Bertz CT molecular complexity index is 483. The van der Waals surface area contributed by atoms with E-state index >= 15 is 0 Å². The number of anilines is 1. The summed E-state index contributed by atoms with van der Waals surface area (Å²) in [5, 5.41) is 11.7. The van der Waals surface area contributed by atoms with Gasteiger partial charge in [0.05, 0.1) is 5.56 Å². The van der Waals surface area contributed by atoms with Crippen molar-refractivity contribution in [2.24, 2.45) is 0 Å². The number of pyridine rings is 1. The van der Waals surface area contributed by atoms with Crippen LogP contribution in [0.5, 0.6) is 0 Å². The topological polar surface area (TPSA) is 48.7 Å². The summed E-state index contributed by atoms with van der Waals surface area (Å²) < 4.78 is 37.8. The fourth-order valence-corrected chi connectivity index (χ4v) is 2.27. The third kappa shape index (κ3) is 6.25. The monoisotopic (exact) mass is 317 g/mol. The molecule has 0 atom stereocenters. The van der Waals surface area contributed by atoms with Gasteiger partial charge < -0.3 is 5.32 Å². The van der Waals surface area contributed by atoms with Crippen LogP contribution < -0.4 is 5.32 Å². The van der Waals surface area contributed by atoms with Gasteiger partial charge in [0.2, 0.25) is 0 Å². The number of nitriles is 1. The quantitative estimate of drug-likeness (QED) is 0.726. The minimum atomic E-state index is -4.50. The van der Waals surface area contributed by atoms with Crippen molar-refractivity contribution in [2.45, 2.75) is 31.9 Å².